The number of sulfonamides is 1. The van der Waals surface area contributed by atoms with Gasteiger partial charge in [-0.15, -0.1) is 0 Å². The molecule has 0 aromatic heterocycles. The Hall–Kier alpha value is -2.12. The zero-order valence-corrected chi connectivity index (χ0v) is 19.8. The van der Waals surface area contributed by atoms with Crippen LogP contribution in [0, 0.1) is 6.92 Å². The third kappa shape index (κ3) is 5.81. The van der Waals surface area contributed by atoms with Crippen LogP contribution in [0.4, 0.5) is 0 Å². The molecule has 0 amide bonds. The van der Waals surface area contributed by atoms with Gasteiger partial charge >= 0.3 is 7.72 Å². The van der Waals surface area contributed by atoms with Crippen LogP contribution in [0.1, 0.15) is 29.5 Å². The van der Waals surface area contributed by atoms with Crippen molar-refractivity contribution in [1.82, 2.24) is 4.72 Å². The fourth-order valence-corrected chi connectivity index (χ4v) is 7.67. The average Bonchev–Trinajstić information content (AvgIpc) is 2.79. The van der Waals surface area contributed by atoms with Crippen LogP contribution in [0.3, 0.4) is 0 Å². The molecule has 0 bridgehead atoms. The van der Waals surface area contributed by atoms with Gasteiger partial charge < -0.3 is 5.11 Å². The summed E-state index contributed by atoms with van der Waals surface area (Å²) in [4.78, 5) is 11.8. The first-order chi connectivity index (χ1) is 15.3. The van der Waals surface area contributed by atoms with Crippen LogP contribution in [-0.4, -0.2) is 30.8 Å². The van der Waals surface area contributed by atoms with Gasteiger partial charge in [0.05, 0.1) is 11.5 Å². The third-order valence-electron chi connectivity index (χ3n) is 5.12. The van der Waals surface area contributed by atoms with Crippen molar-refractivity contribution in [3.05, 3.63) is 102 Å². The molecule has 3 atom stereocenters. The first-order valence-corrected chi connectivity index (χ1v) is 13.7. The standard InChI is InChI=1S/C24H29NO5PS/c1-3-30-31(27,24(26)21-12-8-5-9-13-21)23(18-20-10-6-4-7-11-20)25-32(28,29)22-16-14-19(2)15-17-22/h4-17,23-27H,3,18H2,1-2H3/q+1/t23-,24+,31?/m1/s1. The molecule has 0 aliphatic carbocycles. The van der Waals surface area contributed by atoms with E-state index in [0.29, 0.717) is 5.56 Å². The van der Waals surface area contributed by atoms with Crippen LogP contribution in [-0.2, 0) is 21.0 Å². The van der Waals surface area contributed by atoms with Gasteiger partial charge in [0.2, 0.25) is 15.9 Å². The van der Waals surface area contributed by atoms with Gasteiger partial charge in [0.25, 0.3) is 0 Å². The SMILES string of the molecule is CCO[P+](O)([C@H](Cc1ccccc1)NS(=O)(=O)c1ccc(C)cc1)[C@H](O)c1ccccc1. The second-order valence-electron chi connectivity index (χ2n) is 7.51. The summed E-state index contributed by atoms with van der Waals surface area (Å²) in [5.74, 6) is -2.44. The van der Waals surface area contributed by atoms with Crippen molar-refractivity contribution < 1.29 is 22.9 Å². The first kappa shape index (κ1) is 24.5. The molecule has 0 saturated carbocycles. The second-order valence-corrected chi connectivity index (χ2v) is 11.9. The summed E-state index contributed by atoms with van der Waals surface area (Å²) in [5, 5.41) is 11.2. The lowest BCUT2D eigenvalue weighted by molar-refractivity contribution is 0.189. The number of aryl methyl sites for hydroxylation is 1. The van der Waals surface area contributed by atoms with Crippen LogP contribution in [0.2, 0.25) is 0 Å². The van der Waals surface area contributed by atoms with Crippen LogP contribution in [0.15, 0.2) is 89.8 Å². The highest BCUT2D eigenvalue weighted by Crippen LogP contribution is 2.69. The van der Waals surface area contributed by atoms with Crippen LogP contribution in [0.5, 0.6) is 0 Å². The highest BCUT2D eigenvalue weighted by molar-refractivity contribution is 7.90. The maximum Gasteiger partial charge on any atom is 0.323 e. The lowest BCUT2D eigenvalue weighted by Gasteiger charge is -2.31. The Labute approximate surface area is 190 Å². The highest BCUT2D eigenvalue weighted by atomic mass is 32.2. The minimum atomic E-state index is -3.99. The van der Waals surface area contributed by atoms with Gasteiger partial charge in [-0.25, -0.2) is 17.8 Å². The van der Waals surface area contributed by atoms with E-state index in [1.54, 1.807) is 49.4 Å². The first-order valence-electron chi connectivity index (χ1n) is 10.4. The van der Waals surface area contributed by atoms with Crippen LogP contribution in [0.25, 0.3) is 0 Å². The number of hydrogen-bond acceptors (Lipinski definition) is 5. The fourth-order valence-electron chi connectivity index (χ4n) is 3.43. The summed E-state index contributed by atoms with van der Waals surface area (Å²) >= 11 is 0. The fraction of sp³-hybridized carbons (Fsp3) is 0.250. The summed E-state index contributed by atoms with van der Waals surface area (Å²) in [7, 11) is -7.71. The molecule has 170 valence electrons. The summed E-state index contributed by atoms with van der Waals surface area (Å²) in [6.07, 6.45) is 0.153. The molecule has 3 aromatic carbocycles. The van der Waals surface area contributed by atoms with E-state index in [9.17, 15) is 18.4 Å². The summed E-state index contributed by atoms with van der Waals surface area (Å²) in [6, 6.07) is 24.4. The number of rotatable bonds is 10. The van der Waals surface area contributed by atoms with Crippen molar-refractivity contribution in [1.29, 1.82) is 0 Å². The maximum atomic E-state index is 13.2. The molecule has 3 aromatic rings. The van der Waals surface area contributed by atoms with Gasteiger partial charge in [0.15, 0.2) is 5.78 Å². The zero-order chi connectivity index (χ0) is 23.2. The maximum absolute atomic E-state index is 13.2. The van der Waals surface area contributed by atoms with Crippen molar-refractivity contribution in [3.63, 3.8) is 0 Å². The summed E-state index contributed by atoms with van der Waals surface area (Å²) in [6.45, 7) is 3.69. The minimum absolute atomic E-state index is 0.0819. The zero-order valence-electron chi connectivity index (χ0n) is 18.1. The summed E-state index contributed by atoms with van der Waals surface area (Å²) in [5.41, 5.74) is 2.20. The monoisotopic (exact) mass is 474 g/mol. The molecule has 6 nitrogen and oxygen atoms in total. The number of hydrogen-bond donors (Lipinski definition) is 3. The average molecular weight is 475 g/mol. The van der Waals surface area contributed by atoms with Crippen molar-refractivity contribution in [2.24, 2.45) is 0 Å². The van der Waals surface area contributed by atoms with Crippen molar-refractivity contribution in [3.8, 4) is 0 Å². The van der Waals surface area contributed by atoms with E-state index in [1.807, 2.05) is 37.3 Å². The lowest BCUT2D eigenvalue weighted by atomic mass is 10.1. The quantitative estimate of drug-likeness (QED) is 0.378. The molecular weight excluding hydrogens is 445 g/mol. The predicted octanol–water partition coefficient (Wildman–Crippen LogP) is 4.41. The Bertz CT molecular complexity index is 1090. The van der Waals surface area contributed by atoms with Crippen LogP contribution < -0.4 is 4.72 Å². The molecule has 1 unspecified atom stereocenters. The Morgan fingerprint density at radius 1 is 0.938 bits per heavy atom. The van der Waals surface area contributed by atoms with Gasteiger partial charge in [0, 0.05) is 12.0 Å². The van der Waals surface area contributed by atoms with Gasteiger partial charge in [-0.2, -0.15) is 4.72 Å². The van der Waals surface area contributed by atoms with E-state index >= 15 is 0 Å². The second kappa shape index (κ2) is 10.7. The van der Waals surface area contributed by atoms with Crippen molar-refractivity contribution >= 4 is 17.7 Å². The molecule has 0 heterocycles. The van der Waals surface area contributed by atoms with Crippen molar-refractivity contribution in [2.45, 2.75) is 36.8 Å². The van der Waals surface area contributed by atoms with Gasteiger partial charge in [-0.1, -0.05) is 78.4 Å². The Kier molecular flexibility index (Phi) is 8.17. The van der Waals surface area contributed by atoms with E-state index in [2.05, 4.69) is 4.72 Å². The molecule has 0 spiro atoms. The molecule has 0 saturated heterocycles. The van der Waals surface area contributed by atoms with Crippen molar-refractivity contribution in [2.75, 3.05) is 6.61 Å². The predicted molar refractivity (Wildman–Crippen MR) is 128 cm³/mol. The van der Waals surface area contributed by atoms with E-state index < -0.39 is 29.4 Å². The largest absolute Gasteiger partial charge is 0.351 e. The third-order valence-corrected chi connectivity index (χ3v) is 9.66. The Balaban J connectivity index is 2.03. The number of aliphatic hydroxyl groups is 1. The van der Waals surface area contributed by atoms with Crippen LogP contribution >= 0.6 is 7.72 Å². The topological polar surface area (TPSA) is 95.9 Å². The molecule has 3 rings (SSSR count). The molecule has 32 heavy (non-hydrogen) atoms. The number of aliphatic hydroxyl groups excluding tert-OH is 1. The van der Waals surface area contributed by atoms with Gasteiger partial charge in [0.1, 0.15) is 0 Å². The van der Waals surface area contributed by atoms with Gasteiger partial charge in [-0.3, -0.25) is 0 Å². The highest BCUT2D eigenvalue weighted by Gasteiger charge is 2.56. The molecule has 0 aliphatic rings. The Morgan fingerprint density at radius 3 is 2.06 bits per heavy atom. The van der Waals surface area contributed by atoms with Gasteiger partial charge in [-0.05, 0) is 31.5 Å². The number of benzene rings is 3. The molecule has 8 heteroatoms. The molecule has 0 aliphatic heterocycles. The number of nitrogens with one attached hydrogen (secondary N) is 1. The molecule has 0 fully saturated rings. The molecule has 3 N–H and O–H groups in total. The molecule has 0 radical (unpaired) electrons. The van der Waals surface area contributed by atoms with E-state index in [4.69, 9.17) is 4.52 Å². The molecular formula is C24H29NO5PS+. The lowest BCUT2D eigenvalue weighted by Crippen LogP contribution is -2.40. The smallest absolute Gasteiger partial charge is 0.323 e. The van der Waals surface area contributed by atoms with E-state index in [1.165, 1.54) is 12.1 Å². The van der Waals surface area contributed by atoms with E-state index in [0.717, 1.165) is 11.1 Å². The van der Waals surface area contributed by atoms with E-state index in [-0.39, 0.29) is 17.9 Å². The Morgan fingerprint density at radius 2 is 1.50 bits per heavy atom. The minimum Gasteiger partial charge on any atom is -0.351 e. The summed E-state index contributed by atoms with van der Waals surface area (Å²) < 4.78 is 34.8. The normalized spacial score (nSPS) is 15.6.